The molecule has 5 heteroatoms. The average Bonchev–Trinajstić information content (AvgIpc) is 3.01. The Balaban J connectivity index is 1.64. The number of ketones is 1. The van der Waals surface area contributed by atoms with Crippen molar-refractivity contribution in [3.63, 3.8) is 0 Å². The Hall–Kier alpha value is -3.73. The van der Waals surface area contributed by atoms with Crippen LogP contribution in [0.1, 0.15) is 35.9 Å². The van der Waals surface area contributed by atoms with Crippen LogP contribution < -0.4 is 20.1 Å². The minimum atomic E-state index is -0.328. The number of methoxy groups -OCH3 is 2. The topological polar surface area (TPSA) is 59.6 Å². The van der Waals surface area contributed by atoms with E-state index in [0.29, 0.717) is 17.9 Å². The van der Waals surface area contributed by atoms with E-state index < -0.39 is 0 Å². The first kappa shape index (κ1) is 20.2. The predicted octanol–water partition coefficient (Wildman–Crippen LogP) is 5.68. The zero-order valence-corrected chi connectivity index (χ0v) is 18.2. The molecule has 1 aliphatic heterocycles. The van der Waals surface area contributed by atoms with E-state index in [0.717, 1.165) is 34.6 Å². The Labute approximate surface area is 188 Å². The second-order valence-electron chi connectivity index (χ2n) is 8.19. The maximum atomic E-state index is 13.6. The number of Topliss-reactive ketones (excluding diaryl/α,β-unsaturated/α-hetero) is 1. The van der Waals surface area contributed by atoms with Crippen LogP contribution in [0, 0.1) is 0 Å². The summed E-state index contributed by atoms with van der Waals surface area (Å²) in [5.74, 6) is 1.70. The Bertz CT molecular complexity index is 1190. The van der Waals surface area contributed by atoms with Gasteiger partial charge in [-0.3, -0.25) is 4.79 Å². The summed E-state index contributed by atoms with van der Waals surface area (Å²) in [6.07, 6.45) is 1.26. The lowest BCUT2D eigenvalue weighted by Gasteiger charge is -2.30. The molecule has 2 aliphatic rings. The van der Waals surface area contributed by atoms with Crippen molar-refractivity contribution in [2.24, 2.45) is 0 Å². The number of anilines is 2. The molecule has 162 valence electrons. The third-order valence-corrected chi connectivity index (χ3v) is 6.33. The number of carbonyl (C=O) groups is 1. The molecule has 2 N–H and O–H groups in total. The van der Waals surface area contributed by atoms with E-state index in [9.17, 15) is 4.79 Å². The van der Waals surface area contributed by atoms with Gasteiger partial charge in [-0.15, -0.1) is 0 Å². The Morgan fingerprint density at radius 1 is 0.844 bits per heavy atom. The van der Waals surface area contributed by atoms with Crippen molar-refractivity contribution in [1.29, 1.82) is 0 Å². The van der Waals surface area contributed by atoms with E-state index in [1.807, 2.05) is 60.7 Å². The first-order chi connectivity index (χ1) is 15.7. The third-order valence-electron chi connectivity index (χ3n) is 6.33. The molecular formula is C27H26N2O3. The number of para-hydroxylation sites is 2. The monoisotopic (exact) mass is 426 g/mol. The molecule has 2 atom stereocenters. The SMILES string of the molecule is COc1ccc(C2Nc3ccccc3NC3=C2C(=O)CC(c2ccccc2)C3)c(OC)c1. The summed E-state index contributed by atoms with van der Waals surface area (Å²) < 4.78 is 11.1. The van der Waals surface area contributed by atoms with Crippen molar-refractivity contribution in [2.45, 2.75) is 24.8 Å². The van der Waals surface area contributed by atoms with Gasteiger partial charge in [-0.05, 0) is 42.2 Å². The van der Waals surface area contributed by atoms with Crippen LogP contribution in [0.4, 0.5) is 11.4 Å². The largest absolute Gasteiger partial charge is 0.497 e. The predicted molar refractivity (Wildman–Crippen MR) is 126 cm³/mol. The van der Waals surface area contributed by atoms with Gasteiger partial charge in [-0.25, -0.2) is 0 Å². The fourth-order valence-corrected chi connectivity index (χ4v) is 4.74. The van der Waals surface area contributed by atoms with Gasteiger partial charge in [0, 0.05) is 29.3 Å². The molecule has 1 heterocycles. The summed E-state index contributed by atoms with van der Waals surface area (Å²) in [5, 5.41) is 7.19. The second-order valence-corrected chi connectivity index (χ2v) is 8.19. The highest BCUT2D eigenvalue weighted by Gasteiger charge is 2.37. The lowest BCUT2D eigenvalue weighted by atomic mass is 9.78. The van der Waals surface area contributed by atoms with Gasteiger partial charge in [0.1, 0.15) is 11.5 Å². The molecule has 0 spiro atoms. The normalized spacial score (nSPS) is 19.8. The van der Waals surface area contributed by atoms with Crippen LogP contribution in [0.5, 0.6) is 11.5 Å². The highest BCUT2D eigenvalue weighted by atomic mass is 16.5. The van der Waals surface area contributed by atoms with Crippen LogP contribution in [-0.4, -0.2) is 20.0 Å². The molecule has 0 bridgehead atoms. The number of fused-ring (bicyclic) bond motifs is 1. The van der Waals surface area contributed by atoms with E-state index in [2.05, 4.69) is 22.8 Å². The van der Waals surface area contributed by atoms with Gasteiger partial charge in [0.2, 0.25) is 0 Å². The van der Waals surface area contributed by atoms with Crippen LogP contribution in [0.3, 0.4) is 0 Å². The van der Waals surface area contributed by atoms with E-state index in [1.54, 1.807) is 14.2 Å². The molecule has 0 aromatic heterocycles. The molecule has 1 aliphatic carbocycles. The first-order valence-electron chi connectivity index (χ1n) is 10.8. The summed E-state index contributed by atoms with van der Waals surface area (Å²) in [6.45, 7) is 0. The summed E-state index contributed by atoms with van der Waals surface area (Å²) in [5.41, 5.74) is 5.77. The fraction of sp³-hybridized carbons (Fsp3) is 0.222. The van der Waals surface area contributed by atoms with Crippen LogP contribution in [0.15, 0.2) is 84.1 Å². The van der Waals surface area contributed by atoms with Crippen molar-refractivity contribution in [3.8, 4) is 11.5 Å². The van der Waals surface area contributed by atoms with Crippen LogP contribution >= 0.6 is 0 Å². The van der Waals surface area contributed by atoms with Gasteiger partial charge in [-0.2, -0.15) is 0 Å². The van der Waals surface area contributed by atoms with Gasteiger partial charge in [0.05, 0.1) is 31.6 Å². The molecule has 3 aromatic carbocycles. The van der Waals surface area contributed by atoms with Gasteiger partial charge in [-0.1, -0.05) is 42.5 Å². The first-order valence-corrected chi connectivity index (χ1v) is 10.8. The number of benzene rings is 3. The number of rotatable bonds is 4. The summed E-state index contributed by atoms with van der Waals surface area (Å²) in [6, 6.07) is 23.8. The maximum absolute atomic E-state index is 13.6. The van der Waals surface area contributed by atoms with Gasteiger partial charge < -0.3 is 20.1 Å². The lowest BCUT2D eigenvalue weighted by molar-refractivity contribution is -0.116. The molecule has 5 rings (SSSR count). The van der Waals surface area contributed by atoms with Gasteiger partial charge in [0.15, 0.2) is 5.78 Å². The van der Waals surface area contributed by atoms with E-state index >= 15 is 0 Å². The number of hydrogen-bond acceptors (Lipinski definition) is 5. The molecule has 32 heavy (non-hydrogen) atoms. The smallest absolute Gasteiger partial charge is 0.163 e. The van der Waals surface area contributed by atoms with Crippen LogP contribution in [-0.2, 0) is 4.79 Å². The number of allylic oxidation sites excluding steroid dienone is 1. The number of carbonyl (C=O) groups excluding carboxylic acids is 1. The van der Waals surface area contributed by atoms with Gasteiger partial charge >= 0.3 is 0 Å². The maximum Gasteiger partial charge on any atom is 0.163 e. The second kappa shape index (κ2) is 8.42. The van der Waals surface area contributed by atoms with Crippen molar-refractivity contribution in [1.82, 2.24) is 0 Å². The van der Waals surface area contributed by atoms with Crippen molar-refractivity contribution in [2.75, 3.05) is 24.9 Å². The van der Waals surface area contributed by atoms with Gasteiger partial charge in [0.25, 0.3) is 0 Å². The van der Waals surface area contributed by atoms with E-state index in [-0.39, 0.29) is 17.7 Å². The molecule has 3 aromatic rings. The molecule has 5 nitrogen and oxygen atoms in total. The minimum absolute atomic E-state index is 0.149. The molecule has 0 saturated carbocycles. The number of hydrogen-bond donors (Lipinski definition) is 2. The van der Waals surface area contributed by atoms with E-state index in [1.165, 1.54) is 5.56 Å². The highest BCUT2D eigenvalue weighted by molar-refractivity contribution is 6.01. The highest BCUT2D eigenvalue weighted by Crippen LogP contribution is 2.46. The zero-order valence-electron chi connectivity index (χ0n) is 18.2. The molecular weight excluding hydrogens is 400 g/mol. The summed E-state index contributed by atoms with van der Waals surface area (Å²) in [7, 11) is 3.28. The standard InChI is InChI=1S/C27H26N2O3/c1-31-19-12-13-20(25(16-19)32-2)27-26-23(28-21-10-6-7-11-22(21)29-27)14-18(15-24(26)30)17-8-4-3-5-9-17/h3-13,16,18,27-29H,14-15H2,1-2H3. The zero-order chi connectivity index (χ0) is 22.1. The molecule has 2 unspecified atom stereocenters. The van der Waals surface area contributed by atoms with Crippen molar-refractivity contribution in [3.05, 3.63) is 95.2 Å². The molecule has 0 fully saturated rings. The summed E-state index contributed by atoms with van der Waals surface area (Å²) >= 11 is 0. The minimum Gasteiger partial charge on any atom is -0.497 e. The lowest BCUT2D eigenvalue weighted by Crippen LogP contribution is -2.27. The van der Waals surface area contributed by atoms with E-state index in [4.69, 9.17) is 9.47 Å². The van der Waals surface area contributed by atoms with Crippen LogP contribution in [0.2, 0.25) is 0 Å². The fourth-order valence-electron chi connectivity index (χ4n) is 4.74. The quantitative estimate of drug-likeness (QED) is 0.562. The summed E-state index contributed by atoms with van der Waals surface area (Å²) in [4.78, 5) is 13.6. The third kappa shape index (κ3) is 3.60. The molecule has 0 saturated heterocycles. The molecule has 0 radical (unpaired) electrons. The Morgan fingerprint density at radius 2 is 1.59 bits per heavy atom. The molecule has 0 amide bonds. The van der Waals surface area contributed by atoms with Crippen molar-refractivity contribution >= 4 is 17.2 Å². The average molecular weight is 427 g/mol. The number of ether oxygens (including phenoxy) is 2. The van der Waals surface area contributed by atoms with Crippen molar-refractivity contribution < 1.29 is 14.3 Å². The number of nitrogens with one attached hydrogen (secondary N) is 2. The Morgan fingerprint density at radius 3 is 2.34 bits per heavy atom. The Kier molecular flexibility index (Phi) is 5.31. The van der Waals surface area contributed by atoms with Crippen LogP contribution in [0.25, 0.3) is 0 Å².